The fourth-order valence-electron chi connectivity index (χ4n) is 3.59. The molecule has 2 aromatic rings. The van der Waals surface area contributed by atoms with Crippen LogP contribution >= 0.6 is 0 Å². The third-order valence-corrected chi connectivity index (χ3v) is 4.79. The predicted molar refractivity (Wildman–Crippen MR) is 98.0 cm³/mol. The first-order valence-corrected chi connectivity index (χ1v) is 8.72. The van der Waals surface area contributed by atoms with E-state index in [0.717, 1.165) is 19.4 Å². The van der Waals surface area contributed by atoms with Crippen LogP contribution in [-0.4, -0.2) is 31.4 Å². The Morgan fingerprint density at radius 2 is 1.79 bits per heavy atom. The van der Waals surface area contributed by atoms with Crippen LogP contribution in [0.1, 0.15) is 41.5 Å². The van der Waals surface area contributed by atoms with E-state index >= 15 is 0 Å². The molecule has 0 radical (unpaired) electrons. The summed E-state index contributed by atoms with van der Waals surface area (Å²) in [6.07, 6.45) is 2.46. The fourth-order valence-corrected chi connectivity index (χ4v) is 3.59. The molecule has 1 aliphatic carbocycles. The maximum Gasteiger partial charge on any atom is 0.220 e. The van der Waals surface area contributed by atoms with E-state index < -0.39 is 0 Å². The Balaban J connectivity index is 1.75. The molecular formula is C21H26N2O. The average molecular weight is 322 g/mol. The van der Waals surface area contributed by atoms with E-state index in [0.29, 0.717) is 12.3 Å². The molecule has 0 spiro atoms. The van der Waals surface area contributed by atoms with E-state index in [1.807, 2.05) is 20.2 Å². The SMILES string of the molecule is CN(C)CCCC(=O)NC1c2ccccc2CC1c1ccccc1. The van der Waals surface area contributed by atoms with Crippen molar-refractivity contribution in [2.75, 3.05) is 20.6 Å². The lowest BCUT2D eigenvalue weighted by Gasteiger charge is -2.23. The van der Waals surface area contributed by atoms with Crippen LogP contribution in [0.15, 0.2) is 54.6 Å². The molecule has 1 N–H and O–H groups in total. The van der Waals surface area contributed by atoms with Crippen molar-refractivity contribution in [3.8, 4) is 0 Å². The third-order valence-electron chi connectivity index (χ3n) is 4.79. The Bertz CT molecular complexity index is 681. The van der Waals surface area contributed by atoms with Crippen LogP contribution < -0.4 is 5.32 Å². The van der Waals surface area contributed by atoms with Crippen molar-refractivity contribution in [3.05, 3.63) is 71.3 Å². The monoisotopic (exact) mass is 322 g/mol. The van der Waals surface area contributed by atoms with Crippen LogP contribution in [0, 0.1) is 0 Å². The molecule has 2 atom stereocenters. The van der Waals surface area contributed by atoms with Crippen LogP contribution in [0.3, 0.4) is 0 Å². The molecule has 3 heteroatoms. The largest absolute Gasteiger partial charge is 0.349 e. The molecule has 1 aliphatic rings. The minimum atomic E-state index is 0.0791. The highest BCUT2D eigenvalue weighted by molar-refractivity contribution is 5.77. The minimum absolute atomic E-state index is 0.0791. The van der Waals surface area contributed by atoms with Crippen molar-refractivity contribution in [2.24, 2.45) is 0 Å². The molecule has 3 rings (SSSR count). The summed E-state index contributed by atoms with van der Waals surface area (Å²) >= 11 is 0. The van der Waals surface area contributed by atoms with E-state index in [2.05, 4.69) is 58.7 Å². The summed E-state index contributed by atoms with van der Waals surface area (Å²) in [7, 11) is 4.08. The molecule has 0 saturated heterocycles. The first-order chi connectivity index (χ1) is 11.6. The highest BCUT2D eigenvalue weighted by atomic mass is 16.1. The van der Waals surface area contributed by atoms with Gasteiger partial charge in [-0.1, -0.05) is 54.6 Å². The van der Waals surface area contributed by atoms with Gasteiger partial charge in [-0.2, -0.15) is 0 Å². The zero-order valence-corrected chi connectivity index (χ0v) is 14.5. The number of benzene rings is 2. The van der Waals surface area contributed by atoms with Gasteiger partial charge in [-0.3, -0.25) is 4.79 Å². The second-order valence-electron chi connectivity index (χ2n) is 6.87. The van der Waals surface area contributed by atoms with Gasteiger partial charge in [0.25, 0.3) is 0 Å². The van der Waals surface area contributed by atoms with Crippen LogP contribution in [-0.2, 0) is 11.2 Å². The number of carbonyl (C=O) groups is 1. The fraction of sp³-hybridized carbons (Fsp3) is 0.381. The van der Waals surface area contributed by atoms with E-state index in [9.17, 15) is 4.79 Å². The zero-order chi connectivity index (χ0) is 16.9. The van der Waals surface area contributed by atoms with Gasteiger partial charge in [0.2, 0.25) is 5.91 Å². The second kappa shape index (κ2) is 7.63. The Kier molecular flexibility index (Phi) is 5.31. The normalized spacial score (nSPS) is 19.3. The molecule has 24 heavy (non-hydrogen) atoms. The highest BCUT2D eigenvalue weighted by Crippen LogP contribution is 2.42. The Morgan fingerprint density at radius 3 is 2.54 bits per heavy atom. The van der Waals surface area contributed by atoms with Crippen molar-refractivity contribution in [3.63, 3.8) is 0 Å². The number of rotatable bonds is 6. The first-order valence-electron chi connectivity index (χ1n) is 8.72. The standard InChI is InChI=1S/C21H26N2O/c1-23(2)14-8-13-20(24)22-21-18-12-7-6-11-17(18)15-19(21)16-9-4-3-5-10-16/h3-7,9-12,19,21H,8,13-15H2,1-2H3,(H,22,24). The van der Waals surface area contributed by atoms with Crippen molar-refractivity contribution in [1.29, 1.82) is 0 Å². The predicted octanol–water partition coefficient (Wildman–Crippen LogP) is 3.53. The molecule has 1 amide bonds. The molecule has 0 aromatic heterocycles. The van der Waals surface area contributed by atoms with E-state index in [1.54, 1.807) is 0 Å². The number of fused-ring (bicyclic) bond motifs is 1. The molecule has 3 nitrogen and oxygen atoms in total. The van der Waals surface area contributed by atoms with Crippen LogP contribution in [0.2, 0.25) is 0 Å². The number of carbonyl (C=O) groups excluding carboxylic acids is 1. The summed E-state index contributed by atoms with van der Waals surface area (Å²) in [5.74, 6) is 0.473. The summed E-state index contributed by atoms with van der Waals surface area (Å²) in [5.41, 5.74) is 3.92. The van der Waals surface area contributed by atoms with Crippen LogP contribution in [0.4, 0.5) is 0 Å². The van der Waals surface area contributed by atoms with Crippen molar-refractivity contribution < 1.29 is 4.79 Å². The molecular weight excluding hydrogens is 296 g/mol. The second-order valence-corrected chi connectivity index (χ2v) is 6.87. The average Bonchev–Trinajstić information content (AvgIpc) is 2.94. The molecule has 0 aliphatic heterocycles. The molecule has 0 fully saturated rings. The molecule has 2 aromatic carbocycles. The maximum atomic E-state index is 12.4. The quantitative estimate of drug-likeness (QED) is 0.882. The number of nitrogens with one attached hydrogen (secondary N) is 1. The molecule has 0 bridgehead atoms. The van der Waals surface area contributed by atoms with Gasteiger partial charge in [-0.15, -0.1) is 0 Å². The zero-order valence-electron chi connectivity index (χ0n) is 14.5. The Morgan fingerprint density at radius 1 is 1.08 bits per heavy atom. The first kappa shape index (κ1) is 16.7. The summed E-state index contributed by atoms with van der Waals surface area (Å²) < 4.78 is 0. The minimum Gasteiger partial charge on any atom is -0.349 e. The number of nitrogens with zero attached hydrogens (tertiary/aromatic N) is 1. The molecule has 2 unspecified atom stereocenters. The summed E-state index contributed by atoms with van der Waals surface area (Å²) in [5, 5.41) is 3.30. The van der Waals surface area contributed by atoms with Gasteiger partial charge in [-0.05, 0) is 50.2 Å². The topological polar surface area (TPSA) is 32.3 Å². The van der Waals surface area contributed by atoms with E-state index in [1.165, 1.54) is 16.7 Å². The maximum absolute atomic E-state index is 12.4. The Labute approximate surface area is 144 Å². The summed E-state index contributed by atoms with van der Waals surface area (Å²) in [6.45, 7) is 0.941. The lowest BCUT2D eigenvalue weighted by Crippen LogP contribution is -2.31. The number of hydrogen-bond acceptors (Lipinski definition) is 2. The number of hydrogen-bond donors (Lipinski definition) is 1. The van der Waals surface area contributed by atoms with Gasteiger partial charge >= 0.3 is 0 Å². The molecule has 0 heterocycles. The van der Waals surface area contributed by atoms with Gasteiger partial charge in [0.1, 0.15) is 0 Å². The van der Waals surface area contributed by atoms with E-state index in [-0.39, 0.29) is 11.9 Å². The van der Waals surface area contributed by atoms with Crippen molar-refractivity contribution in [1.82, 2.24) is 10.2 Å². The Hall–Kier alpha value is -2.13. The van der Waals surface area contributed by atoms with Crippen LogP contribution in [0.25, 0.3) is 0 Å². The van der Waals surface area contributed by atoms with Gasteiger partial charge in [-0.25, -0.2) is 0 Å². The summed E-state index contributed by atoms with van der Waals surface area (Å²) in [6, 6.07) is 19.1. The van der Waals surface area contributed by atoms with Crippen molar-refractivity contribution in [2.45, 2.75) is 31.2 Å². The third kappa shape index (κ3) is 3.85. The highest BCUT2D eigenvalue weighted by Gasteiger charge is 2.34. The smallest absolute Gasteiger partial charge is 0.220 e. The van der Waals surface area contributed by atoms with Gasteiger partial charge < -0.3 is 10.2 Å². The van der Waals surface area contributed by atoms with Gasteiger partial charge in [0, 0.05) is 12.3 Å². The lowest BCUT2D eigenvalue weighted by atomic mass is 9.92. The summed E-state index contributed by atoms with van der Waals surface area (Å²) in [4.78, 5) is 14.6. The van der Waals surface area contributed by atoms with Crippen LogP contribution in [0.5, 0.6) is 0 Å². The number of amides is 1. The van der Waals surface area contributed by atoms with Gasteiger partial charge in [0.05, 0.1) is 6.04 Å². The van der Waals surface area contributed by atoms with Crippen molar-refractivity contribution >= 4 is 5.91 Å². The lowest BCUT2D eigenvalue weighted by molar-refractivity contribution is -0.122. The van der Waals surface area contributed by atoms with Gasteiger partial charge in [0.15, 0.2) is 0 Å². The molecule has 0 saturated carbocycles. The molecule has 126 valence electrons. The van der Waals surface area contributed by atoms with E-state index in [4.69, 9.17) is 0 Å².